The fourth-order valence-corrected chi connectivity index (χ4v) is 11.3. The largest absolute Gasteiger partial charge is 0.472 e. The monoisotopic (exact) mass is 576 g/mol. The molecule has 3 aliphatic heterocycles. The average Bonchev–Trinajstić information content (AvgIpc) is 3.60. The van der Waals surface area contributed by atoms with Crippen LogP contribution in [-0.2, 0) is 33.3 Å². The first-order valence-electron chi connectivity index (χ1n) is 14.5. The molecular weight excluding hydrogens is 536 g/mol. The average molecular weight is 577 g/mol. The van der Waals surface area contributed by atoms with Crippen LogP contribution in [0.2, 0.25) is 0 Å². The van der Waals surface area contributed by atoms with Crippen molar-refractivity contribution in [3.05, 3.63) is 24.2 Å². The van der Waals surface area contributed by atoms with Crippen molar-refractivity contribution in [2.75, 3.05) is 7.11 Å². The number of methoxy groups -OCH3 is 1. The number of fused-ring (bicyclic) bond motifs is 3. The molecule has 3 N–H and O–H groups in total. The number of hydrogen-bond donors (Lipinski definition) is 3. The van der Waals surface area contributed by atoms with Gasteiger partial charge in [-0.2, -0.15) is 0 Å². The summed E-state index contributed by atoms with van der Waals surface area (Å²) in [5.74, 6) is -4.04. The van der Waals surface area contributed by atoms with Crippen LogP contribution < -0.4 is 0 Å². The molecule has 11 heteroatoms. The SMILES string of the molecule is CCC12OC3(C)OC14C(C(C)(C)C(O)c1ccoc1)CC(=O)OC4C1(O)C(O)C4(C)CC1(O3)C2(C)C4CC(=O)OC. The maximum absolute atomic E-state index is 13.5. The van der Waals surface area contributed by atoms with Gasteiger partial charge in [-0.05, 0) is 24.8 Å². The minimum Gasteiger partial charge on any atom is -0.472 e. The zero-order valence-corrected chi connectivity index (χ0v) is 24.6. The van der Waals surface area contributed by atoms with Gasteiger partial charge in [0.1, 0.15) is 16.8 Å². The van der Waals surface area contributed by atoms with E-state index in [9.17, 15) is 24.9 Å². The molecule has 3 aliphatic carbocycles. The van der Waals surface area contributed by atoms with Crippen molar-refractivity contribution in [1.82, 2.24) is 0 Å². The Kier molecular flexibility index (Phi) is 5.11. The van der Waals surface area contributed by atoms with Crippen LogP contribution in [0.3, 0.4) is 0 Å². The van der Waals surface area contributed by atoms with Crippen LogP contribution in [0.5, 0.6) is 0 Å². The highest BCUT2D eigenvalue weighted by molar-refractivity contribution is 5.74. The first-order chi connectivity index (χ1) is 19.0. The van der Waals surface area contributed by atoms with Gasteiger partial charge in [0.05, 0.1) is 38.3 Å². The number of hydrogen-bond acceptors (Lipinski definition) is 11. The molecule has 3 saturated carbocycles. The summed E-state index contributed by atoms with van der Waals surface area (Å²) in [5, 5.41) is 36.9. The summed E-state index contributed by atoms with van der Waals surface area (Å²) in [6.07, 6.45) is -0.640. The van der Waals surface area contributed by atoms with Gasteiger partial charge in [-0.1, -0.05) is 34.6 Å². The van der Waals surface area contributed by atoms with E-state index in [-0.39, 0.29) is 19.3 Å². The lowest BCUT2D eigenvalue weighted by Gasteiger charge is -2.75. The van der Waals surface area contributed by atoms with Crippen LogP contribution in [0, 0.1) is 28.1 Å². The summed E-state index contributed by atoms with van der Waals surface area (Å²) in [7, 11) is 1.32. The molecule has 1 aromatic rings. The van der Waals surface area contributed by atoms with Crippen LogP contribution in [0.15, 0.2) is 23.0 Å². The van der Waals surface area contributed by atoms with Crippen molar-refractivity contribution in [3.8, 4) is 0 Å². The zero-order valence-electron chi connectivity index (χ0n) is 24.6. The predicted octanol–water partition coefficient (Wildman–Crippen LogP) is 2.36. The second-order valence-electron chi connectivity index (χ2n) is 14.3. The number of ether oxygens (including phenoxy) is 5. The molecule has 12 unspecified atom stereocenters. The van der Waals surface area contributed by atoms with Gasteiger partial charge in [0.15, 0.2) is 11.7 Å². The summed E-state index contributed by atoms with van der Waals surface area (Å²) < 4.78 is 37.1. The summed E-state index contributed by atoms with van der Waals surface area (Å²) in [6, 6.07) is 1.67. The van der Waals surface area contributed by atoms with Gasteiger partial charge in [-0.15, -0.1) is 0 Å². The maximum atomic E-state index is 13.5. The van der Waals surface area contributed by atoms with Crippen molar-refractivity contribution >= 4 is 11.9 Å². The molecular formula is C30H40O11. The van der Waals surface area contributed by atoms with Crippen molar-refractivity contribution in [2.45, 2.75) is 114 Å². The lowest BCUT2D eigenvalue weighted by Crippen LogP contribution is -2.93. The standard InChI is InChI=1S/C30H40O11/c1-8-27-25(5)17(12-18(31)36-7)24(4)14-28(25)29(35,21(24)34)22-30(27,41-26(6,39-27)40-28)16(11-19(32)38-22)23(2,3)20(33)15-9-10-37-13-15/h9-10,13,16-17,20-22,33-35H,8,11-12,14H2,1-7H3. The molecule has 6 fully saturated rings. The lowest BCUT2D eigenvalue weighted by atomic mass is 9.36. The Hall–Kier alpha value is -2.02. The molecule has 4 bridgehead atoms. The second kappa shape index (κ2) is 7.54. The first-order valence-corrected chi connectivity index (χ1v) is 14.5. The number of esters is 2. The Morgan fingerprint density at radius 2 is 1.93 bits per heavy atom. The lowest BCUT2D eigenvalue weighted by molar-refractivity contribution is -0.475. The van der Waals surface area contributed by atoms with Crippen LogP contribution in [0.1, 0.15) is 78.9 Å². The molecule has 226 valence electrons. The topological polar surface area (TPSA) is 154 Å². The van der Waals surface area contributed by atoms with Crippen LogP contribution in [0.4, 0.5) is 0 Å². The van der Waals surface area contributed by atoms with Crippen molar-refractivity contribution in [1.29, 1.82) is 0 Å². The third-order valence-electron chi connectivity index (χ3n) is 12.7. The molecule has 12 atom stereocenters. The fraction of sp³-hybridized carbons (Fsp3) is 0.800. The highest BCUT2D eigenvalue weighted by Crippen LogP contribution is 2.88. The van der Waals surface area contributed by atoms with Gasteiger partial charge < -0.3 is 43.4 Å². The smallest absolute Gasteiger partial charge is 0.306 e. The van der Waals surface area contributed by atoms with Crippen LogP contribution in [-0.4, -0.2) is 75.0 Å². The Morgan fingerprint density at radius 1 is 1.22 bits per heavy atom. The van der Waals surface area contributed by atoms with Crippen molar-refractivity contribution < 1.29 is 53.0 Å². The van der Waals surface area contributed by atoms with E-state index in [2.05, 4.69) is 0 Å². The van der Waals surface area contributed by atoms with Crippen molar-refractivity contribution in [3.63, 3.8) is 0 Å². The summed E-state index contributed by atoms with van der Waals surface area (Å²) in [4.78, 5) is 26.4. The normalized spacial score (nSPS) is 53.3. The Bertz CT molecular complexity index is 1330. The second-order valence-corrected chi connectivity index (χ2v) is 14.3. The predicted molar refractivity (Wildman–Crippen MR) is 137 cm³/mol. The molecule has 11 nitrogen and oxygen atoms in total. The molecule has 7 rings (SSSR count). The summed E-state index contributed by atoms with van der Waals surface area (Å²) >= 11 is 0. The van der Waals surface area contributed by atoms with Gasteiger partial charge in [-0.25, -0.2) is 0 Å². The van der Waals surface area contributed by atoms with Gasteiger partial charge in [-0.3, -0.25) is 9.59 Å². The Balaban J connectivity index is 1.54. The summed E-state index contributed by atoms with van der Waals surface area (Å²) in [5.41, 5.74) is -9.11. The number of furan rings is 1. The van der Waals surface area contributed by atoms with Gasteiger partial charge in [0.25, 0.3) is 5.97 Å². The van der Waals surface area contributed by atoms with E-state index in [0.29, 0.717) is 12.0 Å². The van der Waals surface area contributed by atoms with E-state index in [1.165, 1.54) is 19.6 Å². The maximum Gasteiger partial charge on any atom is 0.306 e. The zero-order chi connectivity index (χ0) is 29.8. The van der Waals surface area contributed by atoms with Gasteiger partial charge in [0, 0.05) is 41.1 Å². The highest BCUT2D eigenvalue weighted by atomic mass is 16.9. The molecule has 1 aromatic heterocycles. The fourth-order valence-electron chi connectivity index (χ4n) is 11.3. The van der Waals surface area contributed by atoms with Crippen LogP contribution in [0.25, 0.3) is 0 Å². The Morgan fingerprint density at radius 3 is 2.54 bits per heavy atom. The number of carbonyl (C=O) groups is 2. The number of aliphatic hydroxyl groups is 3. The third-order valence-corrected chi connectivity index (χ3v) is 12.7. The van der Waals surface area contributed by atoms with E-state index in [4.69, 9.17) is 28.1 Å². The molecule has 6 aliphatic rings. The van der Waals surface area contributed by atoms with Crippen LogP contribution >= 0.6 is 0 Å². The number of carbonyl (C=O) groups excluding carboxylic acids is 2. The van der Waals surface area contributed by atoms with E-state index in [0.717, 1.165) is 0 Å². The van der Waals surface area contributed by atoms with Gasteiger partial charge in [0.2, 0.25) is 0 Å². The number of rotatable bonds is 6. The number of aliphatic hydroxyl groups excluding tert-OH is 2. The quantitative estimate of drug-likeness (QED) is 0.428. The molecule has 2 spiro atoms. The van der Waals surface area contributed by atoms with E-state index < -0.39 is 86.7 Å². The summed E-state index contributed by atoms with van der Waals surface area (Å²) in [6.45, 7) is 11.1. The third kappa shape index (κ3) is 2.51. The minimum atomic E-state index is -2.10. The molecule has 0 aromatic carbocycles. The molecule has 0 radical (unpaired) electrons. The van der Waals surface area contributed by atoms with Gasteiger partial charge >= 0.3 is 11.9 Å². The molecule has 3 saturated heterocycles. The molecule has 41 heavy (non-hydrogen) atoms. The Labute approximate surface area is 238 Å². The molecule has 4 heterocycles. The molecule has 0 amide bonds. The van der Waals surface area contributed by atoms with E-state index in [1.807, 2.05) is 34.6 Å². The highest BCUT2D eigenvalue weighted by Gasteiger charge is 3.02. The van der Waals surface area contributed by atoms with Crippen molar-refractivity contribution in [2.24, 2.45) is 28.1 Å². The van der Waals surface area contributed by atoms with E-state index in [1.54, 1.807) is 13.0 Å². The first kappa shape index (κ1) is 27.8. The van der Waals surface area contributed by atoms with E-state index >= 15 is 0 Å². The minimum absolute atomic E-state index is 0.0458.